The second kappa shape index (κ2) is 7.55. The smallest absolute Gasteiger partial charge is 0.230 e. The Labute approximate surface area is 159 Å². The lowest BCUT2D eigenvalue weighted by Gasteiger charge is -2.21. The summed E-state index contributed by atoms with van der Waals surface area (Å²) < 4.78 is 13.2. The minimum absolute atomic E-state index is 0.0170. The zero-order valence-electron chi connectivity index (χ0n) is 14.2. The van der Waals surface area contributed by atoms with Crippen molar-refractivity contribution in [3.8, 4) is 11.5 Å². The average Bonchev–Trinajstić information content (AvgIpc) is 3.09. The SMILES string of the molecule is CC(NC(=O)CSc1nc2ccccc2s1)c1ccc2c(c1)OCCO2. The van der Waals surface area contributed by atoms with Crippen LogP contribution in [0.25, 0.3) is 10.2 Å². The van der Waals surface area contributed by atoms with Crippen molar-refractivity contribution >= 4 is 39.2 Å². The Morgan fingerprint density at radius 2 is 2.04 bits per heavy atom. The molecule has 1 N–H and O–H groups in total. The van der Waals surface area contributed by atoms with Crippen molar-refractivity contribution in [3.05, 3.63) is 48.0 Å². The summed E-state index contributed by atoms with van der Waals surface area (Å²) in [6, 6.07) is 13.7. The fourth-order valence-electron chi connectivity index (χ4n) is 2.74. The van der Waals surface area contributed by atoms with Gasteiger partial charge >= 0.3 is 0 Å². The van der Waals surface area contributed by atoms with Crippen LogP contribution in [0.15, 0.2) is 46.8 Å². The molecule has 7 heteroatoms. The molecule has 0 saturated heterocycles. The number of aromatic nitrogens is 1. The molecule has 26 heavy (non-hydrogen) atoms. The van der Waals surface area contributed by atoms with Gasteiger partial charge in [0.15, 0.2) is 15.8 Å². The Morgan fingerprint density at radius 3 is 2.88 bits per heavy atom. The highest BCUT2D eigenvalue weighted by atomic mass is 32.2. The van der Waals surface area contributed by atoms with Crippen LogP contribution in [0.2, 0.25) is 0 Å². The molecular weight excluding hydrogens is 368 g/mol. The first-order chi connectivity index (χ1) is 12.7. The predicted octanol–water partition coefficient (Wildman–Crippen LogP) is 4.04. The van der Waals surface area contributed by atoms with Gasteiger partial charge in [-0.25, -0.2) is 4.98 Å². The van der Waals surface area contributed by atoms with Crippen LogP contribution < -0.4 is 14.8 Å². The van der Waals surface area contributed by atoms with E-state index in [1.807, 2.05) is 49.4 Å². The number of nitrogens with zero attached hydrogens (tertiary/aromatic N) is 1. The molecule has 0 bridgehead atoms. The number of nitrogens with one attached hydrogen (secondary N) is 1. The summed E-state index contributed by atoms with van der Waals surface area (Å²) in [5.41, 5.74) is 1.97. The van der Waals surface area contributed by atoms with Crippen molar-refractivity contribution in [2.45, 2.75) is 17.3 Å². The van der Waals surface area contributed by atoms with Crippen LogP contribution in [0, 0.1) is 0 Å². The molecule has 0 radical (unpaired) electrons. The van der Waals surface area contributed by atoms with E-state index >= 15 is 0 Å². The number of amides is 1. The van der Waals surface area contributed by atoms with Gasteiger partial charge in [0.2, 0.25) is 5.91 Å². The molecule has 2 heterocycles. The largest absolute Gasteiger partial charge is 0.486 e. The third kappa shape index (κ3) is 3.78. The summed E-state index contributed by atoms with van der Waals surface area (Å²) in [5.74, 6) is 1.81. The molecule has 1 unspecified atom stereocenters. The molecule has 2 aromatic carbocycles. The van der Waals surface area contributed by atoms with Gasteiger partial charge < -0.3 is 14.8 Å². The van der Waals surface area contributed by atoms with Crippen LogP contribution in [-0.2, 0) is 4.79 Å². The van der Waals surface area contributed by atoms with E-state index in [-0.39, 0.29) is 11.9 Å². The molecule has 134 valence electrons. The fraction of sp³-hybridized carbons (Fsp3) is 0.263. The quantitative estimate of drug-likeness (QED) is 0.671. The van der Waals surface area contributed by atoms with Crippen molar-refractivity contribution in [1.82, 2.24) is 10.3 Å². The molecule has 1 aliphatic heterocycles. The Kier molecular flexibility index (Phi) is 4.99. The van der Waals surface area contributed by atoms with Crippen LogP contribution in [0.5, 0.6) is 11.5 Å². The molecule has 1 atom stereocenters. The molecule has 0 aliphatic carbocycles. The first-order valence-corrected chi connectivity index (χ1v) is 10.2. The number of ether oxygens (including phenoxy) is 2. The zero-order chi connectivity index (χ0) is 17.9. The number of thioether (sulfide) groups is 1. The van der Waals surface area contributed by atoms with E-state index in [1.165, 1.54) is 11.8 Å². The number of carbonyl (C=O) groups excluding carboxylic acids is 1. The number of hydrogen-bond acceptors (Lipinski definition) is 6. The average molecular weight is 386 g/mol. The van der Waals surface area contributed by atoms with Crippen molar-refractivity contribution < 1.29 is 14.3 Å². The standard InChI is InChI=1S/C19H18N2O3S2/c1-12(13-6-7-15-16(10-13)24-9-8-23-15)20-18(22)11-25-19-21-14-4-2-3-5-17(14)26-19/h2-7,10,12H,8-9,11H2,1H3,(H,20,22). The monoisotopic (exact) mass is 386 g/mol. The van der Waals surface area contributed by atoms with Gasteiger partial charge in [-0.05, 0) is 36.8 Å². The number of benzene rings is 2. The van der Waals surface area contributed by atoms with E-state index in [0.717, 1.165) is 31.6 Å². The van der Waals surface area contributed by atoms with Crippen molar-refractivity contribution in [3.63, 3.8) is 0 Å². The van der Waals surface area contributed by atoms with E-state index in [4.69, 9.17) is 9.47 Å². The molecule has 1 amide bonds. The van der Waals surface area contributed by atoms with Crippen LogP contribution in [0.4, 0.5) is 0 Å². The minimum atomic E-state index is -0.103. The number of hydrogen-bond donors (Lipinski definition) is 1. The van der Waals surface area contributed by atoms with Gasteiger partial charge in [0.05, 0.1) is 22.0 Å². The number of rotatable bonds is 5. The van der Waals surface area contributed by atoms with Gasteiger partial charge in [-0.15, -0.1) is 11.3 Å². The third-order valence-electron chi connectivity index (χ3n) is 4.04. The minimum Gasteiger partial charge on any atom is -0.486 e. The van der Waals surface area contributed by atoms with E-state index in [1.54, 1.807) is 11.3 Å². The highest BCUT2D eigenvalue weighted by Gasteiger charge is 2.16. The highest BCUT2D eigenvalue weighted by molar-refractivity contribution is 8.01. The van der Waals surface area contributed by atoms with Crippen LogP contribution in [-0.4, -0.2) is 29.9 Å². The topological polar surface area (TPSA) is 60.5 Å². The van der Waals surface area contributed by atoms with Crippen molar-refractivity contribution in [1.29, 1.82) is 0 Å². The summed E-state index contributed by atoms with van der Waals surface area (Å²) in [5, 5.41) is 3.03. The van der Waals surface area contributed by atoms with E-state index in [0.29, 0.717) is 19.0 Å². The van der Waals surface area contributed by atoms with Gasteiger partial charge in [0.25, 0.3) is 0 Å². The highest BCUT2D eigenvalue weighted by Crippen LogP contribution is 2.33. The summed E-state index contributed by atoms with van der Waals surface area (Å²) in [4.78, 5) is 16.8. The Bertz CT molecular complexity index is 908. The van der Waals surface area contributed by atoms with Gasteiger partial charge in [0.1, 0.15) is 13.2 Å². The van der Waals surface area contributed by atoms with Gasteiger partial charge in [0, 0.05) is 0 Å². The summed E-state index contributed by atoms with van der Waals surface area (Å²) >= 11 is 3.08. The van der Waals surface area contributed by atoms with Crippen LogP contribution in [0.3, 0.4) is 0 Å². The lowest BCUT2D eigenvalue weighted by Crippen LogP contribution is -2.28. The third-order valence-corrected chi connectivity index (χ3v) is 6.22. The van der Waals surface area contributed by atoms with E-state index in [2.05, 4.69) is 10.3 Å². The van der Waals surface area contributed by atoms with Gasteiger partial charge in [-0.1, -0.05) is 30.0 Å². The Balaban J connectivity index is 1.35. The van der Waals surface area contributed by atoms with Crippen molar-refractivity contribution in [2.75, 3.05) is 19.0 Å². The maximum Gasteiger partial charge on any atom is 0.230 e. The maximum atomic E-state index is 12.3. The summed E-state index contributed by atoms with van der Waals surface area (Å²) in [7, 11) is 0. The molecule has 0 fully saturated rings. The van der Waals surface area contributed by atoms with Gasteiger partial charge in [-0.2, -0.15) is 0 Å². The first kappa shape index (κ1) is 17.2. The molecule has 1 aliphatic rings. The summed E-state index contributed by atoms with van der Waals surface area (Å²) in [6.45, 7) is 3.09. The lowest BCUT2D eigenvalue weighted by atomic mass is 10.1. The molecule has 3 aromatic rings. The first-order valence-electron chi connectivity index (χ1n) is 8.36. The lowest BCUT2D eigenvalue weighted by molar-refractivity contribution is -0.119. The maximum absolute atomic E-state index is 12.3. The van der Waals surface area contributed by atoms with Crippen LogP contribution in [0.1, 0.15) is 18.5 Å². The summed E-state index contributed by atoms with van der Waals surface area (Å²) in [6.07, 6.45) is 0. The number of thiazole rings is 1. The second-order valence-electron chi connectivity index (χ2n) is 5.93. The molecule has 5 nitrogen and oxygen atoms in total. The predicted molar refractivity (Wildman–Crippen MR) is 104 cm³/mol. The molecule has 0 spiro atoms. The number of para-hydroxylation sites is 1. The molecule has 1 aromatic heterocycles. The zero-order valence-corrected chi connectivity index (χ0v) is 15.9. The molecule has 4 rings (SSSR count). The van der Waals surface area contributed by atoms with E-state index in [9.17, 15) is 4.79 Å². The fourth-order valence-corrected chi connectivity index (χ4v) is 4.62. The van der Waals surface area contributed by atoms with Crippen LogP contribution >= 0.6 is 23.1 Å². The molecular formula is C19H18N2O3S2. The van der Waals surface area contributed by atoms with Gasteiger partial charge in [-0.3, -0.25) is 4.79 Å². The normalized spacial score (nSPS) is 14.2. The van der Waals surface area contributed by atoms with Crippen molar-refractivity contribution in [2.24, 2.45) is 0 Å². The second-order valence-corrected chi connectivity index (χ2v) is 8.18. The Hall–Kier alpha value is -2.25. The molecule has 0 saturated carbocycles. The van der Waals surface area contributed by atoms with E-state index < -0.39 is 0 Å². The Morgan fingerprint density at radius 1 is 1.23 bits per heavy atom. The number of carbonyl (C=O) groups is 1. The number of fused-ring (bicyclic) bond motifs is 2.